The summed E-state index contributed by atoms with van der Waals surface area (Å²) in [6, 6.07) is 7.90. The number of aryl methyl sites for hydroxylation is 2. The molecule has 0 aromatic heterocycles. The Morgan fingerprint density at radius 3 is 2.02 bits per heavy atom. The summed E-state index contributed by atoms with van der Waals surface area (Å²) in [5.41, 5.74) is 1.21. The Morgan fingerprint density at radius 1 is 0.750 bits per heavy atom. The molecule has 0 amide bonds. The summed E-state index contributed by atoms with van der Waals surface area (Å²) in [5, 5.41) is 0. The molecule has 12 nitrogen and oxygen atoms in total. The number of ketones is 1. The van der Waals surface area contributed by atoms with Crippen molar-refractivity contribution < 1.29 is 57.1 Å². The van der Waals surface area contributed by atoms with E-state index >= 15 is 0 Å². The lowest BCUT2D eigenvalue weighted by atomic mass is 9.75. The molecule has 1 aliphatic carbocycles. The molecule has 256 valence electrons. The standard InChI is InChI=1S/C36H40O12/c1-7-26(37)14-15-42-31-19-28(18-24(6)34(31)46-21-45-33(39)9-3)48-36(41)29-12-10-25(16-22(29)4)35(40)47-27-11-13-30(23(5)17-27)43-20-44-32(38)8-2/h7-9,11,13,17-19,22,25,29H,1-3,10,12,14-16,20-21H2,4-6H3. The van der Waals surface area contributed by atoms with Gasteiger partial charge in [0.25, 0.3) is 0 Å². The normalized spacial score (nSPS) is 16.8. The van der Waals surface area contributed by atoms with Crippen LogP contribution in [0.25, 0.3) is 0 Å². The van der Waals surface area contributed by atoms with E-state index in [1.165, 1.54) is 12.1 Å². The van der Waals surface area contributed by atoms with E-state index in [1.807, 2.05) is 6.92 Å². The van der Waals surface area contributed by atoms with Crippen LogP contribution >= 0.6 is 0 Å². The number of hydrogen-bond acceptors (Lipinski definition) is 12. The maximum atomic E-state index is 13.3. The highest BCUT2D eigenvalue weighted by Gasteiger charge is 2.37. The molecule has 2 aromatic rings. The fraction of sp³-hybridized carbons (Fsp3) is 0.361. The number of hydrogen-bond donors (Lipinski definition) is 0. The molecule has 1 aliphatic rings. The first-order valence-electron chi connectivity index (χ1n) is 15.3. The molecule has 0 radical (unpaired) electrons. The summed E-state index contributed by atoms with van der Waals surface area (Å²) in [6.45, 7) is 14.8. The van der Waals surface area contributed by atoms with Crippen LogP contribution in [0.15, 0.2) is 68.3 Å². The molecule has 0 aliphatic heterocycles. The van der Waals surface area contributed by atoms with E-state index in [4.69, 9.17) is 33.2 Å². The molecule has 3 rings (SSSR count). The van der Waals surface area contributed by atoms with E-state index in [-0.39, 0.29) is 48.8 Å². The molecule has 1 fully saturated rings. The number of ether oxygens (including phenoxy) is 7. The number of benzene rings is 2. The van der Waals surface area contributed by atoms with Crippen molar-refractivity contribution in [3.8, 4) is 28.7 Å². The van der Waals surface area contributed by atoms with Crippen LogP contribution in [0.2, 0.25) is 0 Å². The Bertz CT molecular complexity index is 1540. The molecule has 1 saturated carbocycles. The van der Waals surface area contributed by atoms with Gasteiger partial charge in [0.15, 0.2) is 17.3 Å². The highest BCUT2D eigenvalue weighted by molar-refractivity contribution is 5.89. The molecule has 3 unspecified atom stereocenters. The van der Waals surface area contributed by atoms with Crippen molar-refractivity contribution in [2.45, 2.75) is 46.5 Å². The molecule has 3 atom stereocenters. The van der Waals surface area contributed by atoms with Crippen LogP contribution in [0, 0.1) is 31.6 Å². The number of esters is 4. The highest BCUT2D eigenvalue weighted by atomic mass is 16.7. The topological polar surface area (TPSA) is 150 Å². The average Bonchev–Trinajstić information content (AvgIpc) is 3.06. The van der Waals surface area contributed by atoms with Crippen LogP contribution in [-0.2, 0) is 33.4 Å². The molecule has 0 bridgehead atoms. The van der Waals surface area contributed by atoms with Crippen LogP contribution in [0.1, 0.15) is 43.7 Å². The van der Waals surface area contributed by atoms with Crippen molar-refractivity contribution in [1.82, 2.24) is 0 Å². The first-order chi connectivity index (χ1) is 22.9. The van der Waals surface area contributed by atoms with Crippen molar-refractivity contribution >= 4 is 29.7 Å². The van der Waals surface area contributed by atoms with Gasteiger partial charge in [-0.25, -0.2) is 9.59 Å². The maximum Gasteiger partial charge on any atom is 0.333 e. The van der Waals surface area contributed by atoms with Crippen LogP contribution in [-0.4, -0.2) is 49.9 Å². The fourth-order valence-electron chi connectivity index (χ4n) is 5.04. The summed E-state index contributed by atoms with van der Waals surface area (Å²) in [6.07, 6.45) is 4.56. The second-order valence-corrected chi connectivity index (χ2v) is 11.1. The van der Waals surface area contributed by atoms with Gasteiger partial charge < -0.3 is 33.2 Å². The third-order valence-corrected chi connectivity index (χ3v) is 7.59. The highest BCUT2D eigenvalue weighted by Crippen LogP contribution is 2.39. The molecular weight excluding hydrogens is 624 g/mol. The van der Waals surface area contributed by atoms with Crippen molar-refractivity contribution in [2.75, 3.05) is 20.2 Å². The summed E-state index contributed by atoms with van der Waals surface area (Å²) in [4.78, 5) is 60.6. The van der Waals surface area contributed by atoms with Crippen LogP contribution in [0.4, 0.5) is 0 Å². The van der Waals surface area contributed by atoms with E-state index < -0.39 is 42.5 Å². The van der Waals surface area contributed by atoms with E-state index in [0.29, 0.717) is 41.9 Å². The maximum absolute atomic E-state index is 13.3. The van der Waals surface area contributed by atoms with E-state index in [1.54, 1.807) is 38.1 Å². The van der Waals surface area contributed by atoms with Crippen LogP contribution in [0.3, 0.4) is 0 Å². The number of rotatable bonds is 17. The fourth-order valence-corrected chi connectivity index (χ4v) is 5.04. The molecule has 12 heteroatoms. The van der Waals surface area contributed by atoms with Crippen LogP contribution < -0.4 is 23.7 Å². The minimum Gasteiger partial charge on any atom is -0.489 e. The van der Waals surface area contributed by atoms with E-state index in [0.717, 1.165) is 12.2 Å². The molecule has 0 N–H and O–H groups in total. The zero-order valence-electron chi connectivity index (χ0n) is 27.3. The third-order valence-electron chi connectivity index (χ3n) is 7.59. The molecule has 0 heterocycles. The molecular formula is C36H40O12. The lowest BCUT2D eigenvalue weighted by Gasteiger charge is -2.31. The Hall–Kier alpha value is -5.39. The minimum absolute atomic E-state index is 0.00631. The molecule has 2 aromatic carbocycles. The van der Waals surface area contributed by atoms with Crippen molar-refractivity contribution in [1.29, 1.82) is 0 Å². The van der Waals surface area contributed by atoms with Gasteiger partial charge >= 0.3 is 23.9 Å². The van der Waals surface area contributed by atoms with Crippen molar-refractivity contribution in [3.63, 3.8) is 0 Å². The smallest absolute Gasteiger partial charge is 0.333 e. The molecule has 0 saturated heterocycles. The predicted octanol–water partition coefficient (Wildman–Crippen LogP) is 5.52. The lowest BCUT2D eigenvalue weighted by Crippen LogP contribution is -2.35. The summed E-state index contributed by atoms with van der Waals surface area (Å²) in [5.74, 6) is -1.96. The third kappa shape index (κ3) is 10.9. The molecule has 48 heavy (non-hydrogen) atoms. The van der Waals surface area contributed by atoms with Gasteiger partial charge in [0.2, 0.25) is 13.6 Å². The van der Waals surface area contributed by atoms with E-state index in [9.17, 15) is 24.0 Å². The van der Waals surface area contributed by atoms with Crippen molar-refractivity contribution in [3.05, 3.63) is 79.4 Å². The lowest BCUT2D eigenvalue weighted by molar-refractivity contribution is -0.147. The Kier molecular flexibility index (Phi) is 14.0. The number of carbonyl (C=O) groups excluding carboxylic acids is 5. The zero-order chi connectivity index (χ0) is 35.2. The first kappa shape index (κ1) is 37.1. The van der Waals surface area contributed by atoms with E-state index in [2.05, 4.69) is 19.7 Å². The Morgan fingerprint density at radius 2 is 1.40 bits per heavy atom. The Balaban J connectivity index is 1.60. The zero-order valence-corrected chi connectivity index (χ0v) is 27.3. The average molecular weight is 665 g/mol. The SMILES string of the molecule is C=CC(=O)CCOc1cc(OC(=O)C2CCC(C(=O)Oc3ccc(OCOC(=O)C=C)c(C)c3)CC2C)cc(C)c1OCOC(=O)C=C. The van der Waals surface area contributed by atoms with Gasteiger partial charge in [-0.2, -0.15) is 0 Å². The summed E-state index contributed by atoms with van der Waals surface area (Å²) >= 11 is 0. The largest absolute Gasteiger partial charge is 0.489 e. The predicted molar refractivity (Wildman–Crippen MR) is 173 cm³/mol. The monoisotopic (exact) mass is 664 g/mol. The van der Waals surface area contributed by atoms with Gasteiger partial charge in [-0.3, -0.25) is 14.4 Å². The van der Waals surface area contributed by atoms with Crippen molar-refractivity contribution in [2.24, 2.45) is 17.8 Å². The summed E-state index contributed by atoms with van der Waals surface area (Å²) in [7, 11) is 0. The van der Waals surface area contributed by atoms with Gasteiger partial charge in [-0.05, 0) is 80.5 Å². The van der Waals surface area contributed by atoms with Gasteiger partial charge in [-0.1, -0.05) is 26.7 Å². The van der Waals surface area contributed by atoms with Gasteiger partial charge in [-0.15, -0.1) is 0 Å². The number of allylic oxidation sites excluding steroid dienone is 1. The first-order valence-corrected chi connectivity index (χ1v) is 15.3. The minimum atomic E-state index is -0.671. The molecule has 0 spiro atoms. The van der Waals surface area contributed by atoms with Gasteiger partial charge in [0, 0.05) is 24.6 Å². The number of carbonyl (C=O) groups is 5. The second-order valence-electron chi connectivity index (χ2n) is 11.1. The second kappa shape index (κ2) is 18.1. The van der Waals surface area contributed by atoms with Gasteiger partial charge in [0.05, 0.1) is 18.4 Å². The van der Waals surface area contributed by atoms with Gasteiger partial charge in [0.1, 0.15) is 17.2 Å². The Labute approximate surface area is 279 Å². The van der Waals surface area contributed by atoms with Crippen LogP contribution in [0.5, 0.6) is 28.7 Å². The quantitative estimate of drug-likeness (QED) is 0.0907. The summed E-state index contributed by atoms with van der Waals surface area (Å²) < 4.78 is 37.9.